The van der Waals surface area contributed by atoms with Gasteiger partial charge in [0.15, 0.2) is 8.38 Å². The van der Waals surface area contributed by atoms with Gasteiger partial charge in [-0.25, -0.2) is 13.2 Å². The van der Waals surface area contributed by atoms with Crippen LogP contribution in [0.4, 0.5) is 37.7 Å². The first-order chi connectivity index (χ1) is 16.7. The van der Waals surface area contributed by atoms with Crippen molar-refractivity contribution in [3.8, 4) is 5.75 Å². The number of benzene rings is 2. The van der Waals surface area contributed by atoms with E-state index >= 15 is 0 Å². The molecule has 0 aromatic heterocycles. The van der Waals surface area contributed by atoms with Crippen molar-refractivity contribution in [3.05, 3.63) is 47.8 Å². The van der Waals surface area contributed by atoms with E-state index in [1.54, 1.807) is 0 Å². The third kappa shape index (κ3) is 7.34. The van der Waals surface area contributed by atoms with Crippen molar-refractivity contribution in [2.45, 2.75) is 49.3 Å². The van der Waals surface area contributed by atoms with Gasteiger partial charge in [-0.1, -0.05) is 6.92 Å². The van der Waals surface area contributed by atoms with Gasteiger partial charge in [-0.05, 0) is 55.7 Å². The van der Waals surface area contributed by atoms with E-state index in [1.807, 2.05) is 0 Å². The number of halogens is 6. The molecule has 5 nitrogen and oxygen atoms in total. The van der Waals surface area contributed by atoms with Crippen molar-refractivity contribution in [2.24, 2.45) is 5.92 Å². The quantitative estimate of drug-likeness (QED) is 0.298. The second kappa shape index (κ2) is 11.2. The highest BCUT2D eigenvalue weighted by Gasteiger charge is 2.39. The van der Waals surface area contributed by atoms with Gasteiger partial charge in [-0.3, -0.25) is 4.21 Å². The van der Waals surface area contributed by atoms with Gasteiger partial charge in [0.1, 0.15) is 11.6 Å². The summed E-state index contributed by atoms with van der Waals surface area (Å²) < 4.78 is 101. The fraction of sp³-hybridized carbons (Fsp3) is 0.478. The van der Waals surface area contributed by atoms with Crippen molar-refractivity contribution in [1.29, 1.82) is 0 Å². The molecule has 0 spiro atoms. The monoisotopic (exact) mass is 557 g/mol. The number of alkyl halides is 5. The lowest BCUT2D eigenvalue weighted by atomic mass is 10.0. The average Bonchev–Trinajstić information content (AvgIpc) is 2.91. The molecule has 3 atom stereocenters. The zero-order valence-corrected chi connectivity index (χ0v) is 21.1. The second-order valence-corrected chi connectivity index (χ2v) is 11.9. The molecule has 0 aliphatic carbocycles. The summed E-state index contributed by atoms with van der Waals surface area (Å²) in [5.74, 6) is -4.79. The summed E-state index contributed by atoms with van der Waals surface area (Å²) in [6.45, 7) is 1.72. The standard InChI is InChI=1S/C23H26F6NO4PS/c1-14(35(31)32)12-34-20-10-21-19(9-18(20)23(27,28)29)30(17-5-3-16(24)4-6-17)11-15(13-36(21)33)7-8-22(2,25)26/h3-6,9-10,14-15,31-32H,7-8,11-13H2,1-2H3/t14?,15-,36?/m1/s1. The molecule has 13 heteroatoms. The van der Waals surface area contributed by atoms with Gasteiger partial charge >= 0.3 is 6.18 Å². The van der Waals surface area contributed by atoms with Gasteiger partial charge in [-0.2, -0.15) is 13.2 Å². The molecule has 0 saturated heterocycles. The van der Waals surface area contributed by atoms with Crippen LogP contribution in [0.15, 0.2) is 41.3 Å². The Kier molecular flexibility index (Phi) is 8.96. The van der Waals surface area contributed by atoms with Gasteiger partial charge in [0.25, 0.3) is 0 Å². The van der Waals surface area contributed by atoms with Gasteiger partial charge in [0.2, 0.25) is 5.92 Å². The zero-order chi connectivity index (χ0) is 26.8. The molecule has 1 aliphatic rings. The molecule has 1 heterocycles. The largest absolute Gasteiger partial charge is 0.492 e. The third-order valence-corrected chi connectivity index (χ3v) is 8.26. The van der Waals surface area contributed by atoms with Crippen molar-refractivity contribution in [2.75, 3.05) is 23.8 Å². The maximum absolute atomic E-state index is 14.0. The maximum atomic E-state index is 14.0. The normalized spacial score (nSPS) is 19.7. The summed E-state index contributed by atoms with van der Waals surface area (Å²) in [6, 6.07) is 6.74. The second-order valence-electron chi connectivity index (χ2n) is 8.87. The molecule has 2 N–H and O–H groups in total. The van der Waals surface area contributed by atoms with E-state index < -0.39 is 73.0 Å². The highest BCUT2D eigenvalue weighted by molar-refractivity contribution is 7.85. The van der Waals surface area contributed by atoms with Crippen LogP contribution >= 0.6 is 8.38 Å². The van der Waals surface area contributed by atoms with Crippen molar-refractivity contribution in [3.63, 3.8) is 0 Å². The molecule has 200 valence electrons. The molecule has 0 amide bonds. The number of anilines is 2. The minimum atomic E-state index is -4.87. The number of nitrogens with zero attached hydrogens (tertiary/aromatic N) is 1. The lowest BCUT2D eigenvalue weighted by Gasteiger charge is -2.29. The molecule has 2 aromatic carbocycles. The molecular weight excluding hydrogens is 531 g/mol. The Bertz CT molecular complexity index is 1080. The van der Waals surface area contributed by atoms with Gasteiger partial charge < -0.3 is 19.4 Å². The summed E-state index contributed by atoms with van der Waals surface area (Å²) in [4.78, 5) is 20.0. The Balaban J connectivity index is 2.11. The minimum absolute atomic E-state index is 0.00565. The number of fused-ring (bicyclic) bond motifs is 1. The van der Waals surface area contributed by atoms with Crippen molar-refractivity contribution < 1.29 is 45.1 Å². The molecule has 0 radical (unpaired) electrons. The molecule has 2 aromatic rings. The summed E-state index contributed by atoms with van der Waals surface area (Å²) in [5.41, 5.74) is -1.76. The highest BCUT2D eigenvalue weighted by atomic mass is 32.2. The molecule has 0 fully saturated rings. The number of hydrogen-bond acceptors (Lipinski definition) is 5. The van der Waals surface area contributed by atoms with E-state index in [1.165, 1.54) is 24.0 Å². The van der Waals surface area contributed by atoms with E-state index in [2.05, 4.69) is 0 Å². The third-order valence-electron chi connectivity index (χ3n) is 5.73. The van der Waals surface area contributed by atoms with Crippen LogP contribution < -0.4 is 9.64 Å². The molecule has 0 saturated carbocycles. The summed E-state index contributed by atoms with van der Waals surface area (Å²) >= 11 is 0. The Morgan fingerprint density at radius 2 is 1.81 bits per heavy atom. The first-order valence-electron chi connectivity index (χ1n) is 11.0. The van der Waals surface area contributed by atoms with E-state index in [0.717, 1.165) is 31.2 Å². The molecule has 1 aliphatic heterocycles. The highest BCUT2D eigenvalue weighted by Crippen LogP contribution is 2.45. The van der Waals surface area contributed by atoms with E-state index in [0.29, 0.717) is 5.69 Å². The average molecular weight is 557 g/mol. The molecular formula is C23H26F6NO4PS. The van der Waals surface area contributed by atoms with Gasteiger partial charge in [0, 0.05) is 24.4 Å². The van der Waals surface area contributed by atoms with E-state index in [4.69, 9.17) is 4.74 Å². The van der Waals surface area contributed by atoms with Gasteiger partial charge in [0.05, 0.1) is 39.2 Å². The summed E-state index contributed by atoms with van der Waals surface area (Å²) in [6.07, 6.45) is -5.39. The van der Waals surface area contributed by atoms with Crippen LogP contribution in [0.5, 0.6) is 5.75 Å². The minimum Gasteiger partial charge on any atom is -0.492 e. The lowest BCUT2D eigenvalue weighted by Crippen LogP contribution is -2.27. The van der Waals surface area contributed by atoms with Crippen LogP contribution in [0.3, 0.4) is 0 Å². The lowest BCUT2D eigenvalue weighted by molar-refractivity contribution is -0.139. The summed E-state index contributed by atoms with van der Waals surface area (Å²) in [7, 11) is -4.31. The molecule has 0 bridgehead atoms. The first-order valence-corrected chi connectivity index (χ1v) is 13.6. The predicted octanol–water partition coefficient (Wildman–Crippen LogP) is 6.22. The van der Waals surface area contributed by atoms with Gasteiger partial charge in [-0.15, -0.1) is 0 Å². The van der Waals surface area contributed by atoms with E-state index in [9.17, 15) is 40.3 Å². The molecule has 2 unspecified atom stereocenters. The number of hydrogen-bond donors (Lipinski definition) is 2. The van der Waals surface area contributed by atoms with E-state index in [-0.39, 0.29) is 29.3 Å². The fourth-order valence-electron chi connectivity index (χ4n) is 3.77. The molecule has 3 rings (SSSR count). The smallest absolute Gasteiger partial charge is 0.420 e. The van der Waals surface area contributed by atoms with Crippen LogP contribution in [-0.2, 0) is 17.0 Å². The Morgan fingerprint density at radius 1 is 1.17 bits per heavy atom. The van der Waals surface area contributed by atoms with Crippen LogP contribution in [-0.4, -0.2) is 44.5 Å². The summed E-state index contributed by atoms with van der Waals surface area (Å²) in [5, 5.41) is 0. The fourth-order valence-corrected chi connectivity index (χ4v) is 5.50. The Hall–Kier alpha value is -1.88. The zero-order valence-electron chi connectivity index (χ0n) is 19.4. The van der Waals surface area contributed by atoms with Crippen LogP contribution in [0, 0.1) is 11.7 Å². The Labute approximate surface area is 208 Å². The molecule has 36 heavy (non-hydrogen) atoms. The number of rotatable bonds is 8. The van der Waals surface area contributed by atoms with Crippen LogP contribution in [0.25, 0.3) is 0 Å². The number of ether oxygens (including phenoxy) is 1. The maximum Gasteiger partial charge on any atom is 0.420 e. The topological polar surface area (TPSA) is 70.0 Å². The van der Waals surface area contributed by atoms with Crippen LogP contribution in [0.1, 0.15) is 32.3 Å². The SMILES string of the molecule is CC(COc1cc2c(cc1C(F)(F)F)N(c1ccc(F)cc1)C[C@@H](CCC(C)(F)F)CS2=O)P(O)O. The van der Waals surface area contributed by atoms with Crippen molar-refractivity contribution >= 4 is 30.5 Å². The predicted molar refractivity (Wildman–Crippen MR) is 126 cm³/mol. The Morgan fingerprint density at radius 3 is 2.36 bits per heavy atom. The van der Waals surface area contributed by atoms with Crippen LogP contribution in [0.2, 0.25) is 0 Å². The first kappa shape index (κ1) is 28.7. The van der Waals surface area contributed by atoms with Crippen molar-refractivity contribution in [1.82, 2.24) is 0 Å².